The largest absolute Gasteiger partial charge is 0.315 e. The van der Waals surface area contributed by atoms with Gasteiger partial charge in [-0.05, 0) is 64.9 Å². The van der Waals surface area contributed by atoms with E-state index in [0.717, 1.165) is 6.42 Å². The standard InChI is InChI=1S/C16H27N3/c1-16(2,19-10-5-4-6-11-19)15(17-3)12-14-8-7-9-18-13-14/h7-9,13,15,17H,4-6,10-12H2,1-3H3. The number of aromatic nitrogens is 1. The number of nitrogens with one attached hydrogen (secondary N) is 1. The van der Waals surface area contributed by atoms with E-state index in [1.165, 1.54) is 37.9 Å². The van der Waals surface area contributed by atoms with E-state index in [4.69, 9.17) is 0 Å². The topological polar surface area (TPSA) is 28.2 Å². The Kier molecular flexibility index (Phi) is 4.94. The molecule has 3 nitrogen and oxygen atoms in total. The lowest BCUT2D eigenvalue weighted by atomic mass is 9.86. The molecule has 0 spiro atoms. The van der Waals surface area contributed by atoms with Gasteiger partial charge in [0.2, 0.25) is 0 Å². The van der Waals surface area contributed by atoms with Crippen LogP contribution < -0.4 is 5.32 Å². The summed E-state index contributed by atoms with van der Waals surface area (Å²) in [5.41, 5.74) is 1.50. The van der Waals surface area contributed by atoms with Crippen molar-refractivity contribution in [3.05, 3.63) is 30.1 Å². The van der Waals surface area contributed by atoms with Crippen LogP contribution in [0.3, 0.4) is 0 Å². The fourth-order valence-corrected chi connectivity index (χ4v) is 3.15. The lowest BCUT2D eigenvalue weighted by Crippen LogP contribution is -2.59. The van der Waals surface area contributed by atoms with Gasteiger partial charge >= 0.3 is 0 Å². The third kappa shape index (κ3) is 3.54. The normalized spacial score (nSPS) is 19.3. The Hall–Kier alpha value is -0.930. The first-order valence-electron chi connectivity index (χ1n) is 7.46. The molecule has 0 amide bonds. The number of pyridine rings is 1. The maximum absolute atomic E-state index is 4.23. The molecule has 2 heterocycles. The van der Waals surface area contributed by atoms with E-state index in [1.807, 2.05) is 18.5 Å². The Morgan fingerprint density at radius 1 is 1.32 bits per heavy atom. The lowest BCUT2D eigenvalue weighted by molar-refractivity contribution is 0.0635. The van der Waals surface area contributed by atoms with Gasteiger partial charge in [0.1, 0.15) is 0 Å². The zero-order valence-electron chi connectivity index (χ0n) is 12.5. The molecule has 0 saturated carbocycles. The highest BCUT2D eigenvalue weighted by atomic mass is 15.2. The molecular formula is C16H27N3. The summed E-state index contributed by atoms with van der Waals surface area (Å²) in [6.45, 7) is 7.21. The van der Waals surface area contributed by atoms with Gasteiger partial charge in [-0.1, -0.05) is 12.5 Å². The van der Waals surface area contributed by atoms with Crippen molar-refractivity contribution in [1.29, 1.82) is 0 Å². The number of rotatable bonds is 5. The van der Waals surface area contributed by atoms with Crippen molar-refractivity contribution in [2.45, 2.75) is 51.1 Å². The van der Waals surface area contributed by atoms with E-state index < -0.39 is 0 Å². The van der Waals surface area contributed by atoms with E-state index in [1.54, 1.807) is 0 Å². The Balaban J connectivity index is 2.06. The lowest BCUT2D eigenvalue weighted by Gasteiger charge is -2.46. The summed E-state index contributed by atoms with van der Waals surface area (Å²) >= 11 is 0. The zero-order valence-corrected chi connectivity index (χ0v) is 12.5. The summed E-state index contributed by atoms with van der Waals surface area (Å²) in [6.07, 6.45) is 8.93. The number of likely N-dealkylation sites (tertiary alicyclic amines) is 1. The van der Waals surface area contributed by atoms with Crippen LogP contribution in [0.2, 0.25) is 0 Å². The van der Waals surface area contributed by atoms with Crippen LogP contribution in [0.1, 0.15) is 38.7 Å². The molecule has 106 valence electrons. The summed E-state index contributed by atoms with van der Waals surface area (Å²) < 4.78 is 0. The minimum absolute atomic E-state index is 0.186. The fraction of sp³-hybridized carbons (Fsp3) is 0.688. The van der Waals surface area contributed by atoms with E-state index >= 15 is 0 Å². The minimum atomic E-state index is 0.186. The Morgan fingerprint density at radius 2 is 2.05 bits per heavy atom. The van der Waals surface area contributed by atoms with Gasteiger partial charge in [0.05, 0.1) is 0 Å². The van der Waals surface area contributed by atoms with Crippen LogP contribution in [0.25, 0.3) is 0 Å². The molecule has 0 aromatic carbocycles. The monoisotopic (exact) mass is 261 g/mol. The average Bonchev–Trinajstić information content (AvgIpc) is 2.46. The van der Waals surface area contributed by atoms with Crippen molar-refractivity contribution in [3.63, 3.8) is 0 Å². The third-order valence-corrected chi connectivity index (χ3v) is 4.53. The van der Waals surface area contributed by atoms with Crippen molar-refractivity contribution < 1.29 is 0 Å². The van der Waals surface area contributed by atoms with Gasteiger partial charge in [0.15, 0.2) is 0 Å². The first-order valence-corrected chi connectivity index (χ1v) is 7.46. The molecule has 1 unspecified atom stereocenters. The second-order valence-corrected chi connectivity index (χ2v) is 6.11. The summed E-state index contributed by atoms with van der Waals surface area (Å²) in [4.78, 5) is 6.87. The summed E-state index contributed by atoms with van der Waals surface area (Å²) in [5, 5.41) is 3.52. The molecule has 3 heteroatoms. The van der Waals surface area contributed by atoms with Crippen molar-refractivity contribution in [1.82, 2.24) is 15.2 Å². The molecule has 1 N–H and O–H groups in total. The van der Waals surface area contributed by atoms with Crippen molar-refractivity contribution in [3.8, 4) is 0 Å². The van der Waals surface area contributed by atoms with E-state index in [0.29, 0.717) is 6.04 Å². The molecule has 1 aromatic heterocycles. The summed E-state index contributed by atoms with van der Waals surface area (Å²) in [5.74, 6) is 0. The highest BCUT2D eigenvalue weighted by molar-refractivity contribution is 5.12. The van der Waals surface area contributed by atoms with Crippen LogP contribution in [0.4, 0.5) is 0 Å². The average molecular weight is 261 g/mol. The van der Waals surface area contributed by atoms with Gasteiger partial charge in [0, 0.05) is 24.0 Å². The highest BCUT2D eigenvalue weighted by Crippen LogP contribution is 2.25. The highest BCUT2D eigenvalue weighted by Gasteiger charge is 2.35. The number of piperidine rings is 1. The van der Waals surface area contributed by atoms with Crippen LogP contribution in [-0.2, 0) is 6.42 Å². The Bertz CT molecular complexity index is 369. The molecule has 1 aromatic rings. The SMILES string of the molecule is CNC(Cc1cccnc1)C(C)(C)N1CCCCC1. The molecule has 19 heavy (non-hydrogen) atoms. The molecular weight excluding hydrogens is 234 g/mol. The molecule has 1 aliphatic heterocycles. The van der Waals surface area contributed by atoms with Gasteiger partial charge < -0.3 is 5.32 Å². The molecule has 0 aliphatic carbocycles. The van der Waals surface area contributed by atoms with Crippen LogP contribution >= 0.6 is 0 Å². The molecule has 2 rings (SSSR count). The summed E-state index contributed by atoms with van der Waals surface area (Å²) in [6, 6.07) is 4.65. The van der Waals surface area contributed by atoms with E-state index in [9.17, 15) is 0 Å². The fourth-order valence-electron chi connectivity index (χ4n) is 3.15. The second kappa shape index (κ2) is 6.49. The number of nitrogens with zero attached hydrogens (tertiary/aromatic N) is 2. The predicted octanol–water partition coefficient (Wildman–Crippen LogP) is 2.48. The molecule has 1 saturated heterocycles. The van der Waals surface area contributed by atoms with Crippen LogP contribution in [0.5, 0.6) is 0 Å². The maximum Gasteiger partial charge on any atom is 0.0309 e. The summed E-state index contributed by atoms with van der Waals surface area (Å²) in [7, 11) is 2.08. The van der Waals surface area contributed by atoms with Gasteiger partial charge in [-0.2, -0.15) is 0 Å². The first-order chi connectivity index (χ1) is 9.14. The zero-order chi connectivity index (χ0) is 13.7. The van der Waals surface area contributed by atoms with Gasteiger partial charge in [-0.15, -0.1) is 0 Å². The van der Waals surface area contributed by atoms with Crippen molar-refractivity contribution in [2.24, 2.45) is 0 Å². The quantitative estimate of drug-likeness (QED) is 0.882. The molecule has 0 radical (unpaired) electrons. The van der Waals surface area contributed by atoms with Gasteiger partial charge in [0.25, 0.3) is 0 Å². The molecule has 1 atom stereocenters. The maximum atomic E-state index is 4.23. The first kappa shape index (κ1) is 14.5. The Morgan fingerprint density at radius 3 is 2.63 bits per heavy atom. The van der Waals surface area contributed by atoms with Crippen LogP contribution in [0.15, 0.2) is 24.5 Å². The van der Waals surface area contributed by atoms with Crippen LogP contribution in [-0.4, -0.2) is 41.6 Å². The van der Waals surface area contributed by atoms with Crippen molar-refractivity contribution in [2.75, 3.05) is 20.1 Å². The minimum Gasteiger partial charge on any atom is -0.315 e. The van der Waals surface area contributed by atoms with E-state index in [2.05, 4.69) is 42.2 Å². The van der Waals surface area contributed by atoms with Crippen LogP contribution in [0, 0.1) is 0 Å². The van der Waals surface area contributed by atoms with Gasteiger partial charge in [-0.25, -0.2) is 0 Å². The smallest absolute Gasteiger partial charge is 0.0309 e. The Labute approximate surface area is 117 Å². The number of likely N-dealkylation sites (N-methyl/N-ethyl adjacent to an activating group) is 1. The molecule has 0 bridgehead atoms. The third-order valence-electron chi connectivity index (χ3n) is 4.53. The van der Waals surface area contributed by atoms with Crippen molar-refractivity contribution >= 4 is 0 Å². The number of hydrogen-bond donors (Lipinski definition) is 1. The molecule has 1 fully saturated rings. The number of hydrogen-bond acceptors (Lipinski definition) is 3. The van der Waals surface area contributed by atoms with E-state index in [-0.39, 0.29) is 5.54 Å². The van der Waals surface area contributed by atoms with Gasteiger partial charge in [-0.3, -0.25) is 9.88 Å². The molecule has 1 aliphatic rings. The second-order valence-electron chi connectivity index (χ2n) is 6.11. The predicted molar refractivity (Wildman–Crippen MR) is 80.3 cm³/mol.